The maximum Gasteiger partial charge on any atom is 0.185 e. The van der Waals surface area contributed by atoms with Crippen molar-refractivity contribution >= 4 is 25.0 Å². The van der Waals surface area contributed by atoms with Gasteiger partial charge >= 0.3 is 0 Å². The molecule has 0 aliphatic heterocycles. The molecule has 0 aromatic carbocycles. The summed E-state index contributed by atoms with van der Waals surface area (Å²) in [5, 5.41) is 1.31. The minimum Gasteiger partial charge on any atom is -0.288 e. The molecular formula is C6H14OSSi. The lowest BCUT2D eigenvalue weighted by Gasteiger charge is -2.12. The number of rotatable bonds is 2. The van der Waals surface area contributed by atoms with Crippen molar-refractivity contribution in [3.63, 3.8) is 0 Å². The Morgan fingerprint density at radius 2 is 1.89 bits per heavy atom. The van der Waals surface area contributed by atoms with Crippen molar-refractivity contribution in [3.8, 4) is 0 Å². The molecule has 9 heavy (non-hydrogen) atoms. The Bertz CT molecular complexity index is 106. The van der Waals surface area contributed by atoms with Crippen molar-refractivity contribution in [1.29, 1.82) is 0 Å². The highest BCUT2D eigenvalue weighted by Gasteiger charge is 2.13. The first kappa shape index (κ1) is 9.24. The fraction of sp³-hybridized carbons (Fsp3) is 0.833. The van der Waals surface area contributed by atoms with Gasteiger partial charge in [0, 0.05) is 6.92 Å². The van der Waals surface area contributed by atoms with Crippen LogP contribution in [0.4, 0.5) is 0 Å². The van der Waals surface area contributed by atoms with Crippen molar-refractivity contribution in [1.82, 2.24) is 0 Å². The van der Waals surface area contributed by atoms with E-state index in [0.29, 0.717) is 0 Å². The normalized spacial score (nSPS) is 11.6. The monoisotopic (exact) mass is 162 g/mol. The maximum atomic E-state index is 10.5. The molecule has 0 aliphatic rings. The molecule has 0 saturated heterocycles. The van der Waals surface area contributed by atoms with Crippen LogP contribution in [0.25, 0.3) is 0 Å². The lowest BCUT2D eigenvalue weighted by molar-refractivity contribution is -0.109. The molecule has 0 aromatic heterocycles. The number of thioether (sulfide) groups is 1. The van der Waals surface area contributed by atoms with Gasteiger partial charge in [-0.2, -0.15) is 0 Å². The van der Waals surface area contributed by atoms with Gasteiger partial charge in [-0.1, -0.05) is 31.4 Å². The summed E-state index contributed by atoms with van der Waals surface area (Å²) in [7, 11) is -0.978. The summed E-state index contributed by atoms with van der Waals surface area (Å²) in [6.45, 7) is 8.43. The molecule has 0 spiro atoms. The highest BCUT2D eigenvalue weighted by atomic mass is 32.2. The van der Waals surface area contributed by atoms with Gasteiger partial charge in [-0.3, -0.25) is 4.79 Å². The highest BCUT2D eigenvalue weighted by Crippen LogP contribution is 2.11. The van der Waals surface area contributed by atoms with E-state index in [2.05, 4.69) is 19.6 Å². The molecule has 0 radical (unpaired) electrons. The number of hydrogen-bond donors (Lipinski definition) is 0. The summed E-state index contributed by atoms with van der Waals surface area (Å²) in [5.41, 5.74) is 0. The topological polar surface area (TPSA) is 17.1 Å². The Kier molecular flexibility index (Phi) is 3.51. The lowest BCUT2D eigenvalue weighted by Crippen LogP contribution is -2.24. The zero-order valence-electron chi connectivity index (χ0n) is 6.52. The van der Waals surface area contributed by atoms with Crippen LogP contribution in [0.3, 0.4) is 0 Å². The third kappa shape index (κ3) is 8.24. The van der Waals surface area contributed by atoms with Gasteiger partial charge in [-0.05, 0) is 5.38 Å². The van der Waals surface area contributed by atoms with Gasteiger partial charge in [0.2, 0.25) is 0 Å². The summed E-state index contributed by atoms with van der Waals surface area (Å²) in [4.78, 5) is 10.5. The Balaban J connectivity index is 3.39. The summed E-state index contributed by atoms with van der Waals surface area (Å²) in [6, 6.07) is 0. The molecule has 0 unspecified atom stereocenters. The standard InChI is InChI=1S/C6H14OSSi/c1-6(7)8-5-9(2,3)4/h5H2,1-4H3. The highest BCUT2D eigenvalue weighted by molar-refractivity contribution is 8.14. The predicted molar refractivity (Wildman–Crippen MR) is 46.5 cm³/mol. The zero-order chi connectivity index (χ0) is 7.49. The van der Waals surface area contributed by atoms with Gasteiger partial charge < -0.3 is 0 Å². The van der Waals surface area contributed by atoms with Crippen LogP contribution < -0.4 is 0 Å². The van der Waals surface area contributed by atoms with Crippen LogP contribution in [0.5, 0.6) is 0 Å². The smallest absolute Gasteiger partial charge is 0.185 e. The van der Waals surface area contributed by atoms with E-state index in [1.54, 1.807) is 6.92 Å². The van der Waals surface area contributed by atoms with Crippen LogP contribution in [-0.4, -0.2) is 18.6 Å². The maximum absolute atomic E-state index is 10.5. The Morgan fingerprint density at radius 1 is 1.44 bits per heavy atom. The Labute approximate surface area is 62.2 Å². The van der Waals surface area contributed by atoms with Gasteiger partial charge in [0.1, 0.15) is 0 Å². The fourth-order valence-corrected chi connectivity index (χ4v) is 2.86. The zero-order valence-corrected chi connectivity index (χ0v) is 8.34. The number of carbonyl (C=O) groups is 1. The minimum atomic E-state index is -0.978. The molecule has 3 heteroatoms. The van der Waals surface area contributed by atoms with Gasteiger partial charge in [0.15, 0.2) is 5.12 Å². The molecule has 0 bridgehead atoms. The molecule has 0 atom stereocenters. The second kappa shape index (κ2) is 3.42. The summed E-state index contributed by atoms with van der Waals surface area (Å²) in [5.74, 6) is 0. The first-order valence-electron chi connectivity index (χ1n) is 3.05. The average Bonchev–Trinajstić information content (AvgIpc) is 1.59. The summed E-state index contributed by atoms with van der Waals surface area (Å²) >= 11 is 1.46. The van der Waals surface area contributed by atoms with E-state index in [1.165, 1.54) is 11.8 Å². The Morgan fingerprint density at radius 3 is 2.00 bits per heavy atom. The second-order valence-electron chi connectivity index (χ2n) is 3.34. The van der Waals surface area contributed by atoms with E-state index < -0.39 is 8.07 Å². The van der Waals surface area contributed by atoms with Crippen molar-refractivity contribution < 1.29 is 4.79 Å². The summed E-state index contributed by atoms with van der Waals surface area (Å²) in [6.07, 6.45) is 0. The molecule has 0 saturated carbocycles. The average molecular weight is 162 g/mol. The molecule has 0 N–H and O–H groups in total. The first-order chi connectivity index (χ1) is 3.92. The van der Waals surface area contributed by atoms with Crippen molar-refractivity contribution in [3.05, 3.63) is 0 Å². The van der Waals surface area contributed by atoms with Gasteiger partial charge in [-0.25, -0.2) is 0 Å². The molecular weight excluding hydrogens is 148 g/mol. The largest absolute Gasteiger partial charge is 0.288 e. The van der Waals surface area contributed by atoms with Gasteiger partial charge in [0.05, 0.1) is 8.07 Å². The third-order valence-electron chi connectivity index (χ3n) is 0.708. The van der Waals surface area contributed by atoms with Crippen LogP contribution in [0.1, 0.15) is 6.92 Å². The molecule has 0 aliphatic carbocycles. The number of hydrogen-bond acceptors (Lipinski definition) is 2. The molecule has 0 heterocycles. The molecule has 0 fully saturated rings. The SMILES string of the molecule is CC(=O)SC[Si](C)(C)C. The van der Waals surface area contributed by atoms with Gasteiger partial charge in [-0.15, -0.1) is 0 Å². The summed E-state index contributed by atoms with van der Waals surface area (Å²) < 4.78 is 0. The van der Waals surface area contributed by atoms with Crippen molar-refractivity contribution in [2.45, 2.75) is 26.6 Å². The van der Waals surface area contributed by atoms with Crippen molar-refractivity contribution in [2.75, 3.05) is 5.38 Å². The van der Waals surface area contributed by atoms with Gasteiger partial charge in [0.25, 0.3) is 0 Å². The third-order valence-corrected chi connectivity index (χ3v) is 5.16. The van der Waals surface area contributed by atoms with Crippen LogP contribution in [0.15, 0.2) is 0 Å². The quantitative estimate of drug-likeness (QED) is 0.579. The van der Waals surface area contributed by atoms with E-state index in [9.17, 15) is 4.79 Å². The predicted octanol–water partition coefficient (Wildman–Crippen LogP) is 2.14. The van der Waals surface area contributed by atoms with E-state index >= 15 is 0 Å². The van der Waals surface area contributed by atoms with Crippen LogP contribution >= 0.6 is 11.8 Å². The molecule has 0 amide bonds. The minimum absolute atomic E-state index is 0.248. The molecule has 54 valence electrons. The van der Waals surface area contributed by atoms with E-state index in [4.69, 9.17) is 0 Å². The molecule has 0 rings (SSSR count). The Hall–Kier alpha value is 0.237. The van der Waals surface area contributed by atoms with Crippen molar-refractivity contribution in [2.24, 2.45) is 0 Å². The van der Waals surface area contributed by atoms with Crippen LogP contribution in [0.2, 0.25) is 19.6 Å². The first-order valence-corrected chi connectivity index (χ1v) is 7.74. The fourth-order valence-electron chi connectivity index (χ4n) is 0.318. The molecule has 1 nitrogen and oxygen atoms in total. The number of carbonyl (C=O) groups excluding carboxylic acids is 1. The lowest BCUT2D eigenvalue weighted by atomic mass is 10.9. The van der Waals surface area contributed by atoms with E-state index in [1.807, 2.05) is 0 Å². The van der Waals surface area contributed by atoms with E-state index in [0.717, 1.165) is 5.38 Å². The van der Waals surface area contributed by atoms with E-state index in [-0.39, 0.29) is 5.12 Å². The molecule has 0 aromatic rings. The second-order valence-corrected chi connectivity index (χ2v) is 10.5. The van der Waals surface area contributed by atoms with Crippen LogP contribution in [0, 0.1) is 0 Å². The van der Waals surface area contributed by atoms with Crippen LogP contribution in [-0.2, 0) is 4.79 Å².